The number of benzene rings is 1. The monoisotopic (exact) mass is 362 g/mol. The number of amides is 1. The van der Waals surface area contributed by atoms with E-state index in [-0.39, 0.29) is 5.91 Å². The summed E-state index contributed by atoms with van der Waals surface area (Å²) in [4.78, 5) is 19.2. The van der Waals surface area contributed by atoms with E-state index in [0.717, 1.165) is 54.6 Å². The first-order valence-corrected chi connectivity index (χ1v) is 9.67. The fourth-order valence-corrected chi connectivity index (χ4v) is 4.36. The molecule has 3 nitrogen and oxygen atoms in total. The maximum Gasteiger partial charge on any atom is 0.264 e. The molecule has 1 fully saturated rings. The number of halogens is 1. The largest absolute Gasteiger partial charge is 0.368 e. The molecule has 2 heterocycles. The smallest absolute Gasteiger partial charge is 0.264 e. The molecule has 0 unspecified atom stereocenters. The second-order valence-electron chi connectivity index (χ2n) is 6.20. The number of hydrogen-bond acceptors (Lipinski definition) is 3. The molecule has 3 rings (SSSR count). The highest BCUT2D eigenvalue weighted by Crippen LogP contribution is 2.25. The molecule has 1 saturated heterocycles. The van der Waals surface area contributed by atoms with Gasteiger partial charge in [0.15, 0.2) is 0 Å². The van der Waals surface area contributed by atoms with Crippen molar-refractivity contribution in [1.82, 2.24) is 4.90 Å². The van der Waals surface area contributed by atoms with Crippen LogP contribution in [0.3, 0.4) is 0 Å². The van der Waals surface area contributed by atoms with E-state index in [9.17, 15) is 4.79 Å². The average molecular weight is 363 g/mol. The summed E-state index contributed by atoms with van der Waals surface area (Å²) < 4.78 is 0. The Hall–Kier alpha value is -1.52. The molecule has 1 aliphatic rings. The van der Waals surface area contributed by atoms with Crippen LogP contribution in [-0.2, 0) is 6.42 Å². The molecule has 1 amide bonds. The number of nitrogens with zero attached hydrogens (tertiary/aromatic N) is 2. The summed E-state index contributed by atoms with van der Waals surface area (Å²) in [5.74, 6) is 0.177. The van der Waals surface area contributed by atoms with Crippen LogP contribution in [0.1, 0.15) is 33.5 Å². The van der Waals surface area contributed by atoms with Gasteiger partial charge in [-0.25, -0.2) is 0 Å². The summed E-state index contributed by atoms with van der Waals surface area (Å²) in [5.41, 5.74) is 2.45. The van der Waals surface area contributed by atoms with Gasteiger partial charge >= 0.3 is 0 Å². The summed E-state index contributed by atoms with van der Waals surface area (Å²) in [6.45, 7) is 7.49. The van der Waals surface area contributed by atoms with Crippen LogP contribution in [0.4, 0.5) is 5.69 Å². The van der Waals surface area contributed by atoms with Crippen LogP contribution < -0.4 is 4.90 Å². The molecule has 0 bridgehead atoms. The third-order valence-electron chi connectivity index (χ3n) is 4.49. The lowest BCUT2D eigenvalue weighted by Crippen LogP contribution is -2.48. The fraction of sp³-hybridized carbons (Fsp3) is 0.421. The van der Waals surface area contributed by atoms with Gasteiger partial charge < -0.3 is 9.80 Å². The van der Waals surface area contributed by atoms with E-state index >= 15 is 0 Å². The third-order valence-corrected chi connectivity index (χ3v) is 5.81. The lowest BCUT2D eigenvalue weighted by atomic mass is 10.1. The summed E-state index contributed by atoms with van der Waals surface area (Å²) in [6, 6.07) is 10.0. The topological polar surface area (TPSA) is 23.6 Å². The number of carbonyl (C=O) groups excluding carboxylic acids is 1. The Morgan fingerprint density at radius 1 is 1.21 bits per heavy atom. The Kier molecular flexibility index (Phi) is 5.47. The van der Waals surface area contributed by atoms with Crippen LogP contribution in [0.15, 0.2) is 30.3 Å². The number of hydrogen-bond donors (Lipinski definition) is 0. The van der Waals surface area contributed by atoms with Crippen LogP contribution in [-0.4, -0.2) is 37.0 Å². The van der Waals surface area contributed by atoms with Crippen molar-refractivity contribution in [3.8, 4) is 0 Å². The molecule has 0 atom stereocenters. The summed E-state index contributed by atoms with van der Waals surface area (Å²) in [7, 11) is 0. The summed E-state index contributed by atoms with van der Waals surface area (Å²) >= 11 is 7.71. The van der Waals surface area contributed by atoms with E-state index in [4.69, 9.17) is 11.6 Å². The maximum absolute atomic E-state index is 12.8. The predicted octanol–water partition coefficient (Wildman–Crippen LogP) is 4.62. The van der Waals surface area contributed by atoms with Crippen molar-refractivity contribution in [2.45, 2.75) is 26.7 Å². The highest BCUT2D eigenvalue weighted by atomic mass is 35.5. The van der Waals surface area contributed by atoms with Crippen LogP contribution >= 0.6 is 22.9 Å². The first-order chi connectivity index (χ1) is 11.6. The first-order valence-electron chi connectivity index (χ1n) is 8.47. The molecule has 0 N–H and O–H groups in total. The van der Waals surface area contributed by atoms with Gasteiger partial charge in [0.2, 0.25) is 0 Å². The highest BCUT2D eigenvalue weighted by Gasteiger charge is 2.24. The van der Waals surface area contributed by atoms with Crippen molar-refractivity contribution >= 4 is 34.5 Å². The molecule has 1 aliphatic heterocycles. The molecule has 0 radical (unpaired) electrons. The minimum atomic E-state index is 0.177. The second-order valence-corrected chi connectivity index (χ2v) is 7.89. The van der Waals surface area contributed by atoms with Gasteiger partial charge in [0.25, 0.3) is 5.91 Å². The van der Waals surface area contributed by atoms with Crippen molar-refractivity contribution in [1.29, 1.82) is 0 Å². The van der Waals surface area contributed by atoms with E-state index in [1.54, 1.807) is 11.3 Å². The Bertz CT molecular complexity index is 720. The average Bonchev–Trinajstić information content (AvgIpc) is 2.96. The van der Waals surface area contributed by atoms with Crippen LogP contribution in [0.2, 0.25) is 5.02 Å². The first kappa shape index (κ1) is 17.3. The molecule has 5 heteroatoms. The van der Waals surface area contributed by atoms with Gasteiger partial charge in [-0.2, -0.15) is 0 Å². The van der Waals surface area contributed by atoms with Crippen LogP contribution in [0.5, 0.6) is 0 Å². The number of piperazine rings is 1. The summed E-state index contributed by atoms with van der Waals surface area (Å²) in [5, 5.41) is 0.753. The standard InChI is InChI=1S/C19H23ClN2OS/c1-3-5-15-12-18(24-14(15)2)19(23)22-10-8-21(9-11-22)17-7-4-6-16(20)13-17/h4,6-7,12-13H,3,5,8-11H2,1-2H3. The van der Waals surface area contributed by atoms with E-state index in [1.165, 1.54) is 10.4 Å². The number of anilines is 1. The van der Waals surface area contributed by atoms with Crippen LogP contribution in [0.25, 0.3) is 0 Å². The van der Waals surface area contributed by atoms with Gasteiger partial charge in [-0.15, -0.1) is 11.3 Å². The molecule has 0 spiro atoms. The molecular formula is C19H23ClN2OS. The van der Waals surface area contributed by atoms with Gasteiger partial charge in [0.05, 0.1) is 4.88 Å². The van der Waals surface area contributed by atoms with Gasteiger partial charge in [0.1, 0.15) is 0 Å². The maximum atomic E-state index is 12.8. The van der Waals surface area contributed by atoms with Gasteiger partial charge in [0, 0.05) is 41.8 Å². The van der Waals surface area contributed by atoms with Gasteiger partial charge in [-0.05, 0) is 43.2 Å². The predicted molar refractivity (Wildman–Crippen MR) is 103 cm³/mol. The Balaban J connectivity index is 1.64. The fourth-order valence-electron chi connectivity index (χ4n) is 3.14. The van der Waals surface area contributed by atoms with Gasteiger partial charge in [-0.3, -0.25) is 4.79 Å². The van der Waals surface area contributed by atoms with E-state index in [1.807, 2.05) is 23.1 Å². The lowest BCUT2D eigenvalue weighted by molar-refractivity contribution is 0.0751. The van der Waals surface area contributed by atoms with Crippen molar-refractivity contribution < 1.29 is 4.79 Å². The Morgan fingerprint density at radius 2 is 1.96 bits per heavy atom. The third kappa shape index (κ3) is 3.76. The number of rotatable bonds is 4. The second kappa shape index (κ2) is 7.58. The molecule has 128 valence electrons. The minimum absolute atomic E-state index is 0.177. The zero-order valence-corrected chi connectivity index (χ0v) is 15.8. The SMILES string of the molecule is CCCc1cc(C(=O)N2CCN(c3cccc(Cl)c3)CC2)sc1C. The van der Waals surface area contributed by atoms with E-state index in [0.29, 0.717) is 0 Å². The highest BCUT2D eigenvalue weighted by molar-refractivity contribution is 7.14. The molecule has 1 aromatic carbocycles. The Morgan fingerprint density at radius 3 is 2.62 bits per heavy atom. The van der Waals surface area contributed by atoms with Crippen molar-refractivity contribution in [2.75, 3.05) is 31.1 Å². The van der Waals surface area contributed by atoms with Crippen LogP contribution in [0, 0.1) is 6.92 Å². The molecule has 1 aromatic heterocycles. The van der Waals surface area contributed by atoms with Gasteiger partial charge in [-0.1, -0.05) is 31.0 Å². The number of aryl methyl sites for hydroxylation is 2. The summed E-state index contributed by atoms with van der Waals surface area (Å²) in [6.07, 6.45) is 2.17. The normalized spacial score (nSPS) is 15.0. The number of carbonyl (C=O) groups is 1. The minimum Gasteiger partial charge on any atom is -0.368 e. The van der Waals surface area contributed by atoms with Crippen molar-refractivity contribution in [2.24, 2.45) is 0 Å². The van der Waals surface area contributed by atoms with Crippen molar-refractivity contribution in [3.05, 3.63) is 50.7 Å². The molecule has 2 aromatic rings. The number of thiophene rings is 1. The van der Waals surface area contributed by atoms with Crippen molar-refractivity contribution in [3.63, 3.8) is 0 Å². The Labute approximate surface area is 152 Å². The van der Waals surface area contributed by atoms with E-state index < -0.39 is 0 Å². The molecule has 0 aliphatic carbocycles. The lowest BCUT2D eigenvalue weighted by Gasteiger charge is -2.36. The van der Waals surface area contributed by atoms with E-state index in [2.05, 4.69) is 30.9 Å². The zero-order chi connectivity index (χ0) is 17.1. The molecule has 0 saturated carbocycles. The molecular weight excluding hydrogens is 340 g/mol. The zero-order valence-electron chi connectivity index (χ0n) is 14.2. The quantitative estimate of drug-likeness (QED) is 0.792. The molecule has 24 heavy (non-hydrogen) atoms.